The van der Waals surface area contributed by atoms with Gasteiger partial charge in [0.2, 0.25) is 0 Å². The Balaban J connectivity index is 1.63. The van der Waals surface area contributed by atoms with Crippen LogP contribution in [0.3, 0.4) is 0 Å². The molecule has 0 spiro atoms. The number of fused-ring (bicyclic) bond motifs is 1. The SMILES string of the molecule is CCn1cc(NC[C@@](C)(O)[C@H](F)[C@H](NC(=O)c2cccnc2)c2cnc3cc(Cl)cnn23)cn1. The minimum Gasteiger partial charge on any atom is -0.385 e. The number of amides is 1. The number of pyridine rings is 1. The summed E-state index contributed by atoms with van der Waals surface area (Å²) in [7, 11) is 0. The number of carbonyl (C=O) groups excluding carboxylic acids is 1. The molecule has 0 unspecified atom stereocenters. The quantitative estimate of drug-likeness (QED) is 0.332. The highest BCUT2D eigenvalue weighted by Crippen LogP contribution is 2.29. The van der Waals surface area contributed by atoms with Crippen LogP contribution in [0, 0.1) is 0 Å². The van der Waals surface area contributed by atoms with Crippen LogP contribution in [0.4, 0.5) is 10.1 Å². The van der Waals surface area contributed by atoms with Crippen LogP contribution in [0.25, 0.3) is 5.65 Å². The maximum atomic E-state index is 16.0. The lowest BCUT2D eigenvalue weighted by atomic mass is 9.92. The van der Waals surface area contributed by atoms with E-state index in [2.05, 4.69) is 30.8 Å². The highest BCUT2D eigenvalue weighted by molar-refractivity contribution is 6.30. The summed E-state index contributed by atoms with van der Waals surface area (Å²) in [5, 5.41) is 25.5. The summed E-state index contributed by atoms with van der Waals surface area (Å²) in [6.45, 7) is 3.83. The van der Waals surface area contributed by atoms with Crippen molar-refractivity contribution >= 4 is 28.8 Å². The van der Waals surface area contributed by atoms with Crippen LogP contribution in [0.15, 0.2) is 55.4 Å². The predicted molar refractivity (Wildman–Crippen MR) is 124 cm³/mol. The highest BCUT2D eigenvalue weighted by Gasteiger charge is 2.41. The number of carbonyl (C=O) groups is 1. The molecule has 0 saturated carbocycles. The van der Waals surface area contributed by atoms with Crippen molar-refractivity contribution in [2.75, 3.05) is 11.9 Å². The van der Waals surface area contributed by atoms with Gasteiger partial charge in [-0.1, -0.05) is 11.6 Å². The minimum atomic E-state index is -1.95. The molecule has 0 fully saturated rings. The minimum absolute atomic E-state index is 0.140. The Morgan fingerprint density at radius 3 is 2.82 bits per heavy atom. The van der Waals surface area contributed by atoms with Crippen LogP contribution < -0.4 is 10.6 Å². The van der Waals surface area contributed by atoms with E-state index in [1.807, 2.05) is 6.92 Å². The van der Waals surface area contributed by atoms with Gasteiger partial charge in [-0.05, 0) is 26.0 Å². The Labute approximate surface area is 199 Å². The number of aliphatic hydroxyl groups is 1. The third-order valence-electron chi connectivity index (χ3n) is 5.38. The molecule has 0 saturated heterocycles. The molecule has 0 aliphatic heterocycles. The summed E-state index contributed by atoms with van der Waals surface area (Å²) < 4.78 is 19.1. The number of aromatic nitrogens is 6. The molecule has 3 atom stereocenters. The average Bonchev–Trinajstić information content (AvgIpc) is 3.48. The van der Waals surface area contributed by atoms with E-state index in [0.717, 1.165) is 0 Å². The predicted octanol–water partition coefficient (Wildman–Crippen LogP) is 2.67. The number of halogens is 2. The fourth-order valence-electron chi connectivity index (χ4n) is 3.47. The Hall–Kier alpha value is -3.57. The standard InChI is InChI=1S/C22H24ClFN8O2/c1-3-31-12-16(10-28-31)27-13-22(2,34)20(24)19(30-21(33)14-5-4-6-25-8-14)17-11-26-18-7-15(23)9-29-32(17)18/h4-12,19-20,27,34H,3,13H2,1-2H3,(H,30,33)/t19-,20-,22-/m1/s1. The zero-order chi connectivity index (χ0) is 24.3. The van der Waals surface area contributed by atoms with Gasteiger partial charge in [0.15, 0.2) is 11.8 Å². The third-order valence-corrected chi connectivity index (χ3v) is 5.58. The molecule has 12 heteroatoms. The van der Waals surface area contributed by atoms with Crippen LogP contribution in [0.5, 0.6) is 0 Å². The van der Waals surface area contributed by atoms with Crippen LogP contribution in [0.2, 0.25) is 5.02 Å². The second kappa shape index (κ2) is 9.74. The molecule has 4 heterocycles. The van der Waals surface area contributed by atoms with Gasteiger partial charge in [-0.15, -0.1) is 0 Å². The van der Waals surface area contributed by atoms with Crippen LogP contribution in [-0.4, -0.2) is 58.7 Å². The molecular weight excluding hydrogens is 463 g/mol. The number of hydrogen-bond acceptors (Lipinski definition) is 7. The molecule has 0 aliphatic carbocycles. The Bertz CT molecular complexity index is 1280. The average molecular weight is 487 g/mol. The van der Waals surface area contributed by atoms with E-state index < -0.39 is 23.7 Å². The molecule has 10 nitrogen and oxygen atoms in total. The number of imidazole rings is 1. The van der Waals surface area contributed by atoms with Gasteiger partial charge in [-0.2, -0.15) is 10.2 Å². The second-order valence-corrected chi connectivity index (χ2v) is 8.45. The smallest absolute Gasteiger partial charge is 0.253 e. The maximum absolute atomic E-state index is 16.0. The van der Waals surface area contributed by atoms with Crippen molar-refractivity contribution in [3.8, 4) is 0 Å². The lowest BCUT2D eigenvalue weighted by molar-refractivity contribution is -0.0253. The van der Waals surface area contributed by atoms with Gasteiger partial charge in [0.25, 0.3) is 5.91 Å². The largest absolute Gasteiger partial charge is 0.385 e. The molecule has 4 rings (SSSR count). The van der Waals surface area contributed by atoms with Crippen LogP contribution >= 0.6 is 11.6 Å². The van der Waals surface area contributed by atoms with Gasteiger partial charge in [-0.3, -0.25) is 14.5 Å². The summed E-state index contributed by atoms with van der Waals surface area (Å²) in [5.41, 5.74) is -0.390. The number of rotatable bonds is 9. The fourth-order valence-corrected chi connectivity index (χ4v) is 3.61. The van der Waals surface area contributed by atoms with Gasteiger partial charge in [-0.25, -0.2) is 13.9 Å². The molecule has 0 radical (unpaired) electrons. The van der Waals surface area contributed by atoms with E-state index in [1.54, 1.807) is 35.3 Å². The lowest BCUT2D eigenvalue weighted by Gasteiger charge is -2.33. The first kappa shape index (κ1) is 23.6. The Kier molecular flexibility index (Phi) is 6.75. The van der Waals surface area contributed by atoms with E-state index >= 15 is 4.39 Å². The van der Waals surface area contributed by atoms with Crippen LogP contribution in [-0.2, 0) is 6.54 Å². The molecule has 34 heavy (non-hydrogen) atoms. The van der Waals surface area contributed by atoms with Crippen molar-refractivity contribution < 1.29 is 14.3 Å². The van der Waals surface area contributed by atoms with Crippen molar-refractivity contribution in [1.29, 1.82) is 0 Å². The van der Waals surface area contributed by atoms with Crippen molar-refractivity contribution in [3.63, 3.8) is 0 Å². The maximum Gasteiger partial charge on any atom is 0.253 e. The van der Waals surface area contributed by atoms with Crippen LogP contribution in [0.1, 0.15) is 35.9 Å². The topological polar surface area (TPSA) is 122 Å². The van der Waals surface area contributed by atoms with E-state index in [-0.39, 0.29) is 17.8 Å². The Morgan fingerprint density at radius 1 is 1.29 bits per heavy atom. The molecule has 0 aliphatic rings. The van der Waals surface area contributed by atoms with Gasteiger partial charge in [0.05, 0.1) is 40.6 Å². The number of alkyl halides is 1. The monoisotopic (exact) mass is 486 g/mol. The first-order chi connectivity index (χ1) is 16.3. The normalized spacial score (nSPS) is 15.0. The summed E-state index contributed by atoms with van der Waals surface area (Å²) >= 11 is 6.00. The molecular formula is C22H24ClFN8O2. The molecule has 1 amide bonds. The fraction of sp³-hybridized carbons (Fsp3) is 0.318. The number of nitrogens with one attached hydrogen (secondary N) is 2. The number of hydrogen-bond donors (Lipinski definition) is 3. The molecule has 4 aromatic rings. The van der Waals surface area contributed by atoms with Gasteiger partial charge >= 0.3 is 0 Å². The van der Waals surface area contributed by atoms with Gasteiger partial charge in [0, 0.05) is 37.7 Å². The number of aryl methyl sites for hydroxylation is 1. The third kappa shape index (κ3) is 5.00. The molecule has 4 aromatic heterocycles. The molecule has 3 N–H and O–H groups in total. The highest BCUT2D eigenvalue weighted by atomic mass is 35.5. The number of nitrogens with zero attached hydrogens (tertiary/aromatic N) is 6. The van der Waals surface area contributed by atoms with Gasteiger partial charge < -0.3 is 15.7 Å². The number of anilines is 1. The zero-order valence-electron chi connectivity index (χ0n) is 18.6. The first-order valence-electron chi connectivity index (χ1n) is 10.6. The summed E-state index contributed by atoms with van der Waals surface area (Å²) in [5.74, 6) is -0.558. The summed E-state index contributed by atoms with van der Waals surface area (Å²) in [4.78, 5) is 21.1. The second-order valence-electron chi connectivity index (χ2n) is 8.02. The molecule has 0 aromatic carbocycles. The summed E-state index contributed by atoms with van der Waals surface area (Å²) in [6.07, 6.45) is 7.08. The van der Waals surface area contributed by atoms with E-state index in [9.17, 15) is 9.90 Å². The lowest BCUT2D eigenvalue weighted by Crippen LogP contribution is -2.50. The summed E-state index contributed by atoms with van der Waals surface area (Å²) in [6, 6.07) is 3.44. The molecule has 0 bridgehead atoms. The van der Waals surface area contributed by atoms with E-state index in [1.165, 1.54) is 36.2 Å². The van der Waals surface area contributed by atoms with Crippen molar-refractivity contribution in [3.05, 3.63) is 71.7 Å². The van der Waals surface area contributed by atoms with Crippen molar-refractivity contribution in [2.24, 2.45) is 0 Å². The van der Waals surface area contributed by atoms with E-state index in [0.29, 0.717) is 22.9 Å². The Morgan fingerprint density at radius 2 is 2.12 bits per heavy atom. The first-order valence-corrected chi connectivity index (χ1v) is 11.0. The van der Waals surface area contributed by atoms with E-state index in [4.69, 9.17) is 11.6 Å². The van der Waals surface area contributed by atoms with Crippen molar-refractivity contribution in [2.45, 2.75) is 38.2 Å². The van der Waals surface area contributed by atoms with Gasteiger partial charge in [0.1, 0.15) is 11.6 Å². The zero-order valence-corrected chi connectivity index (χ0v) is 19.3. The molecule has 178 valence electrons. The van der Waals surface area contributed by atoms with Crippen molar-refractivity contribution in [1.82, 2.24) is 34.7 Å².